The van der Waals surface area contributed by atoms with Gasteiger partial charge < -0.3 is 9.42 Å². The van der Waals surface area contributed by atoms with Gasteiger partial charge >= 0.3 is 0 Å². The minimum atomic E-state index is -0.0370. The summed E-state index contributed by atoms with van der Waals surface area (Å²) in [5, 5.41) is 4.03. The number of aryl methyl sites for hydroxylation is 3. The van der Waals surface area contributed by atoms with Crippen molar-refractivity contribution in [1.82, 2.24) is 25.0 Å². The zero-order valence-corrected chi connectivity index (χ0v) is 16.3. The predicted molar refractivity (Wildman–Crippen MR) is 103 cm³/mol. The van der Waals surface area contributed by atoms with E-state index in [4.69, 9.17) is 4.52 Å². The molecule has 1 amide bonds. The van der Waals surface area contributed by atoms with Crippen LogP contribution in [0.15, 0.2) is 35.1 Å². The van der Waals surface area contributed by atoms with Gasteiger partial charge in [0.15, 0.2) is 0 Å². The highest BCUT2D eigenvalue weighted by Crippen LogP contribution is 2.34. The lowest BCUT2D eigenvalue weighted by Crippen LogP contribution is -2.32. The number of likely N-dealkylation sites (tertiary alicyclic amines) is 1. The summed E-state index contributed by atoms with van der Waals surface area (Å²) in [5.74, 6) is 1.52. The van der Waals surface area contributed by atoms with Crippen LogP contribution in [0.4, 0.5) is 0 Å². The Hall–Kier alpha value is -3.09. The number of pyridine rings is 1. The van der Waals surface area contributed by atoms with Gasteiger partial charge in [-0.3, -0.25) is 9.78 Å². The standard InChI is InChI=1S/C21H23N5O2/c1-13-21(14(2)28-25-13)18-11-17(23-15(3)24-18)19-7-5-9-26(19)20(27)10-16-6-4-8-22-12-16/h4,6,8,11-12,19H,5,7,9-10H2,1-3H3/t19-/m0/s1. The molecule has 28 heavy (non-hydrogen) atoms. The molecule has 0 aromatic carbocycles. The van der Waals surface area contributed by atoms with E-state index in [0.717, 1.165) is 53.4 Å². The molecule has 3 aromatic rings. The first-order valence-electron chi connectivity index (χ1n) is 9.50. The third-order valence-corrected chi connectivity index (χ3v) is 5.14. The van der Waals surface area contributed by atoms with Gasteiger partial charge in [-0.25, -0.2) is 9.97 Å². The molecule has 7 nitrogen and oxygen atoms in total. The van der Waals surface area contributed by atoms with Crippen LogP contribution in [-0.2, 0) is 11.2 Å². The van der Waals surface area contributed by atoms with Gasteiger partial charge in [-0.15, -0.1) is 0 Å². The Morgan fingerprint density at radius 1 is 1.29 bits per heavy atom. The number of rotatable bonds is 4. The largest absolute Gasteiger partial charge is 0.361 e. The van der Waals surface area contributed by atoms with Crippen molar-refractivity contribution in [3.63, 3.8) is 0 Å². The summed E-state index contributed by atoms with van der Waals surface area (Å²) in [6, 6.07) is 5.72. The molecular formula is C21H23N5O2. The summed E-state index contributed by atoms with van der Waals surface area (Å²) in [6.07, 6.45) is 5.68. The van der Waals surface area contributed by atoms with Crippen LogP contribution < -0.4 is 0 Å². The summed E-state index contributed by atoms with van der Waals surface area (Å²) in [5.41, 5.74) is 4.30. The minimum Gasteiger partial charge on any atom is -0.361 e. The molecular weight excluding hydrogens is 354 g/mol. The van der Waals surface area contributed by atoms with Crippen molar-refractivity contribution in [2.45, 2.75) is 46.1 Å². The third-order valence-electron chi connectivity index (χ3n) is 5.14. The zero-order valence-electron chi connectivity index (χ0n) is 16.3. The van der Waals surface area contributed by atoms with Crippen molar-refractivity contribution in [2.75, 3.05) is 6.54 Å². The Morgan fingerprint density at radius 3 is 2.86 bits per heavy atom. The zero-order chi connectivity index (χ0) is 19.7. The average Bonchev–Trinajstić information content (AvgIpc) is 3.29. The first-order chi connectivity index (χ1) is 13.5. The molecule has 4 rings (SSSR count). The van der Waals surface area contributed by atoms with E-state index < -0.39 is 0 Å². The summed E-state index contributed by atoms with van der Waals surface area (Å²) in [7, 11) is 0. The number of carbonyl (C=O) groups excluding carboxylic acids is 1. The highest BCUT2D eigenvalue weighted by molar-refractivity contribution is 5.79. The maximum atomic E-state index is 12.9. The van der Waals surface area contributed by atoms with E-state index in [9.17, 15) is 4.79 Å². The second-order valence-corrected chi connectivity index (χ2v) is 7.21. The Labute approximate surface area is 163 Å². The molecule has 0 saturated carbocycles. The van der Waals surface area contributed by atoms with Crippen molar-refractivity contribution < 1.29 is 9.32 Å². The van der Waals surface area contributed by atoms with E-state index in [1.54, 1.807) is 12.4 Å². The molecule has 1 saturated heterocycles. The highest BCUT2D eigenvalue weighted by Gasteiger charge is 2.31. The highest BCUT2D eigenvalue weighted by atomic mass is 16.5. The summed E-state index contributed by atoms with van der Waals surface area (Å²) >= 11 is 0. The van der Waals surface area contributed by atoms with Crippen molar-refractivity contribution in [3.05, 3.63) is 59.1 Å². The van der Waals surface area contributed by atoms with Gasteiger partial charge in [0.2, 0.25) is 5.91 Å². The van der Waals surface area contributed by atoms with Gasteiger partial charge in [0.25, 0.3) is 0 Å². The SMILES string of the molecule is Cc1nc(-c2c(C)noc2C)cc([C@@H]2CCCN2C(=O)Cc2cccnc2)n1. The van der Waals surface area contributed by atoms with Crippen LogP contribution in [0, 0.1) is 20.8 Å². The lowest BCUT2D eigenvalue weighted by molar-refractivity contribution is -0.131. The van der Waals surface area contributed by atoms with E-state index >= 15 is 0 Å². The number of amides is 1. The molecule has 0 radical (unpaired) electrons. The van der Waals surface area contributed by atoms with Crippen molar-refractivity contribution in [3.8, 4) is 11.3 Å². The normalized spacial score (nSPS) is 16.5. The third kappa shape index (κ3) is 3.52. The van der Waals surface area contributed by atoms with Crippen LogP contribution in [0.2, 0.25) is 0 Å². The van der Waals surface area contributed by atoms with Crippen LogP contribution in [0.5, 0.6) is 0 Å². The molecule has 1 aliphatic rings. The molecule has 7 heteroatoms. The maximum Gasteiger partial charge on any atom is 0.227 e. The van der Waals surface area contributed by atoms with Crippen LogP contribution in [0.3, 0.4) is 0 Å². The van der Waals surface area contributed by atoms with E-state index in [2.05, 4.69) is 20.1 Å². The molecule has 1 aliphatic heterocycles. The molecule has 3 aromatic heterocycles. The van der Waals surface area contributed by atoms with E-state index in [1.165, 1.54) is 0 Å². The molecule has 4 heterocycles. The predicted octanol–water partition coefficient (Wildman–Crippen LogP) is 3.36. The Balaban J connectivity index is 1.63. The summed E-state index contributed by atoms with van der Waals surface area (Å²) < 4.78 is 5.30. The lowest BCUT2D eigenvalue weighted by Gasteiger charge is -2.25. The molecule has 0 aliphatic carbocycles. The topological polar surface area (TPSA) is 85.0 Å². The van der Waals surface area contributed by atoms with Gasteiger partial charge in [0.05, 0.1) is 35.1 Å². The quantitative estimate of drug-likeness (QED) is 0.693. The molecule has 0 unspecified atom stereocenters. The van der Waals surface area contributed by atoms with E-state index in [-0.39, 0.29) is 11.9 Å². The number of hydrogen-bond acceptors (Lipinski definition) is 6. The minimum absolute atomic E-state index is 0.0370. The number of aromatic nitrogens is 4. The van der Waals surface area contributed by atoms with Gasteiger partial charge in [0, 0.05) is 18.9 Å². The molecule has 0 N–H and O–H groups in total. The second kappa shape index (κ2) is 7.50. The molecule has 0 bridgehead atoms. The smallest absolute Gasteiger partial charge is 0.227 e. The van der Waals surface area contributed by atoms with Gasteiger partial charge in [-0.1, -0.05) is 11.2 Å². The van der Waals surface area contributed by atoms with Crippen molar-refractivity contribution >= 4 is 5.91 Å². The fraction of sp³-hybridized carbons (Fsp3) is 0.381. The summed E-state index contributed by atoms with van der Waals surface area (Å²) in [4.78, 5) is 28.2. The fourth-order valence-corrected chi connectivity index (χ4v) is 3.89. The fourth-order valence-electron chi connectivity index (χ4n) is 3.89. The average molecular weight is 377 g/mol. The van der Waals surface area contributed by atoms with Gasteiger partial charge in [-0.05, 0) is 51.3 Å². The lowest BCUT2D eigenvalue weighted by atomic mass is 10.1. The molecule has 144 valence electrons. The van der Waals surface area contributed by atoms with Crippen LogP contribution in [0.1, 0.15) is 47.4 Å². The summed E-state index contributed by atoms with van der Waals surface area (Å²) in [6.45, 7) is 6.41. The van der Waals surface area contributed by atoms with E-state index in [0.29, 0.717) is 12.2 Å². The van der Waals surface area contributed by atoms with Gasteiger partial charge in [-0.2, -0.15) is 0 Å². The Kier molecular flexibility index (Phi) is 4.90. The number of carbonyl (C=O) groups is 1. The second-order valence-electron chi connectivity index (χ2n) is 7.21. The van der Waals surface area contributed by atoms with E-state index in [1.807, 2.05) is 43.9 Å². The van der Waals surface area contributed by atoms with Crippen molar-refractivity contribution in [1.29, 1.82) is 0 Å². The molecule has 1 atom stereocenters. The van der Waals surface area contributed by atoms with Gasteiger partial charge in [0.1, 0.15) is 11.6 Å². The van der Waals surface area contributed by atoms with Crippen LogP contribution in [-0.4, -0.2) is 37.5 Å². The monoisotopic (exact) mass is 377 g/mol. The molecule has 0 spiro atoms. The molecule has 1 fully saturated rings. The number of hydrogen-bond donors (Lipinski definition) is 0. The maximum absolute atomic E-state index is 12.9. The number of nitrogens with zero attached hydrogens (tertiary/aromatic N) is 5. The van der Waals surface area contributed by atoms with Crippen LogP contribution >= 0.6 is 0 Å². The van der Waals surface area contributed by atoms with Crippen molar-refractivity contribution in [2.24, 2.45) is 0 Å². The first kappa shape index (κ1) is 18.3. The Morgan fingerprint density at radius 2 is 2.14 bits per heavy atom. The Bertz CT molecular complexity index is 980. The first-order valence-corrected chi connectivity index (χ1v) is 9.50. The van der Waals surface area contributed by atoms with Crippen LogP contribution in [0.25, 0.3) is 11.3 Å².